The SMILES string of the molecule is O=C(O)C(Cc1cccc(OC(F)(F)C(F)F)c1)C(O)c1cccc(OCc2ccccc2)c1. The van der Waals surface area contributed by atoms with E-state index >= 15 is 0 Å². The van der Waals surface area contributed by atoms with Crippen molar-refractivity contribution in [2.24, 2.45) is 5.92 Å². The van der Waals surface area contributed by atoms with Crippen molar-refractivity contribution in [3.63, 3.8) is 0 Å². The standard InChI is InChI=1S/C25H22F4O5/c26-24(27)25(28,29)34-20-11-4-8-17(12-20)13-21(23(31)32)22(30)18-9-5-10-19(14-18)33-15-16-6-2-1-3-7-16/h1-12,14,21-22,24,30H,13,15H2,(H,31,32). The van der Waals surface area contributed by atoms with Gasteiger partial charge in [0.15, 0.2) is 0 Å². The van der Waals surface area contributed by atoms with E-state index in [2.05, 4.69) is 4.74 Å². The van der Waals surface area contributed by atoms with Crippen LogP contribution in [0.2, 0.25) is 0 Å². The van der Waals surface area contributed by atoms with Crippen molar-refractivity contribution in [3.05, 3.63) is 95.6 Å². The molecule has 2 atom stereocenters. The second kappa shape index (κ2) is 11.0. The second-order valence-corrected chi connectivity index (χ2v) is 7.55. The van der Waals surface area contributed by atoms with Gasteiger partial charge >= 0.3 is 18.5 Å². The Balaban J connectivity index is 1.73. The maximum atomic E-state index is 13.2. The van der Waals surface area contributed by atoms with Gasteiger partial charge in [0.1, 0.15) is 18.1 Å². The zero-order chi connectivity index (χ0) is 24.7. The lowest BCUT2D eigenvalue weighted by atomic mass is 9.89. The van der Waals surface area contributed by atoms with Gasteiger partial charge in [-0.3, -0.25) is 4.79 Å². The highest BCUT2D eigenvalue weighted by Crippen LogP contribution is 2.31. The molecular weight excluding hydrogens is 456 g/mol. The first-order chi connectivity index (χ1) is 16.2. The minimum Gasteiger partial charge on any atom is -0.489 e. The summed E-state index contributed by atoms with van der Waals surface area (Å²) in [5.74, 6) is -2.80. The topological polar surface area (TPSA) is 76.0 Å². The number of halogens is 4. The summed E-state index contributed by atoms with van der Waals surface area (Å²) in [7, 11) is 0. The van der Waals surface area contributed by atoms with Crippen LogP contribution in [0, 0.1) is 5.92 Å². The van der Waals surface area contributed by atoms with Gasteiger partial charge in [-0.25, -0.2) is 0 Å². The number of aliphatic carboxylic acids is 1. The monoisotopic (exact) mass is 478 g/mol. The maximum absolute atomic E-state index is 13.2. The predicted molar refractivity (Wildman–Crippen MR) is 115 cm³/mol. The number of aliphatic hydroxyl groups is 1. The smallest absolute Gasteiger partial charge is 0.461 e. The number of carbonyl (C=O) groups is 1. The quantitative estimate of drug-likeness (QED) is 0.357. The van der Waals surface area contributed by atoms with Gasteiger partial charge in [-0.2, -0.15) is 17.6 Å². The first-order valence-corrected chi connectivity index (χ1v) is 10.3. The zero-order valence-electron chi connectivity index (χ0n) is 17.8. The number of ether oxygens (including phenoxy) is 2. The van der Waals surface area contributed by atoms with Crippen molar-refractivity contribution >= 4 is 5.97 Å². The van der Waals surface area contributed by atoms with Crippen molar-refractivity contribution in [2.75, 3.05) is 0 Å². The van der Waals surface area contributed by atoms with Gasteiger partial charge < -0.3 is 19.7 Å². The third-order valence-corrected chi connectivity index (χ3v) is 5.01. The van der Waals surface area contributed by atoms with Crippen LogP contribution in [0.4, 0.5) is 17.6 Å². The van der Waals surface area contributed by atoms with E-state index in [-0.39, 0.29) is 24.2 Å². The van der Waals surface area contributed by atoms with E-state index in [4.69, 9.17) is 4.74 Å². The Morgan fingerprint density at radius 2 is 1.53 bits per heavy atom. The van der Waals surface area contributed by atoms with Gasteiger partial charge in [0.2, 0.25) is 0 Å². The molecule has 5 nitrogen and oxygen atoms in total. The third-order valence-electron chi connectivity index (χ3n) is 5.01. The molecule has 0 saturated heterocycles. The summed E-state index contributed by atoms with van der Waals surface area (Å²) in [5.41, 5.74) is 1.43. The zero-order valence-corrected chi connectivity index (χ0v) is 17.8. The number of carboxylic acid groups (broad SMARTS) is 1. The number of hydrogen-bond donors (Lipinski definition) is 2. The van der Waals surface area contributed by atoms with Crippen LogP contribution in [0.1, 0.15) is 22.8 Å². The highest BCUT2D eigenvalue weighted by molar-refractivity contribution is 5.71. The van der Waals surface area contributed by atoms with Crippen LogP contribution in [0.5, 0.6) is 11.5 Å². The Morgan fingerprint density at radius 3 is 2.21 bits per heavy atom. The van der Waals surface area contributed by atoms with Gasteiger partial charge in [0.25, 0.3) is 0 Å². The fourth-order valence-corrected chi connectivity index (χ4v) is 3.29. The van der Waals surface area contributed by atoms with Crippen molar-refractivity contribution in [2.45, 2.75) is 31.7 Å². The number of benzene rings is 3. The lowest BCUT2D eigenvalue weighted by Crippen LogP contribution is -2.33. The van der Waals surface area contributed by atoms with E-state index < -0.39 is 36.3 Å². The van der Waals surface area contributed by atoms with E-state index in [0.717, 1.165) is 17.7 Å². The largest absolute Gasteiger partial charge is 0.489 e. The molecule has 34 heavy (non-hydrogen) atoms. The first-order valence-electron chi connectivity index (χ1n) is 10.3. The highest BCUT2D eigenvalue weighted by atomic mass is 19.3. The van der Waals surface area contributed by atoms with Crippen LogP contribution in [-0.4, -0.2) is 28.7 Å². The Bertz CT molecular complexity index is 1090. The molecule has 3 aromatic rings. The van der Waals surface area contributed by atoms with Crippen LogP contribution in [0.3, 0.4) is 0 Å². The summed E-state index contributed by atoms with van der Waals surface area (Å²) < 4.78 is 61.0. The van der Waals surface area contributed by atoms with Crippen LogP contribution < -0.4 is 9.47 Å². The van der Waals surface area contributed by atoms with Crippen LogP contribution in [-0.2, 0) is 17.8 Å². The molecule has 2 unspecified atom stereocenters. The molecule has 0 radical (unpaired) electrons. The summed E-state index contributed by atoms with van der Waals surface area (Å²) in [4.78, 5) is 11.9. The van der Waals surface area contributed by atoms with E-state index in [1.807, 2.05) is 30.3 Å². The third kappa shape index (κ3) is 6.71. The summed E-state index contributed by atoms with van der Waals surface area (Å²) in [6.45, 7) is 0.277. The van der Waals surface area contributed by atoms with Crippen molar-refractivity contribution in [3.8, 4) is 11.5 Å². The number of rotatable bonds is 11. The molecule has 0 heterocycles. The summed E-state index contributed by atoms with van der Waals surface area (Å²) in [5, 5.41) is 20.4. The normalized spacial score (nSPS) is 13.4. The lowest BCUT2D eigenvalue weighted by molar-refractivity contribution is -0.253. The molecule has 0 spiro atoms. The molecule has 0 aliphatic rings. The number of aliphatic hydroxyl groups excluding tert-OH is 1. The van der Waals surface area contributed by atoms with E-state index in [1.54, 1.807) is 18.2 Å². The molecule has 0 fully saturated rings. The van der Waals surface area contributed by atoms with E-state index in [0.29, 0.717) is 5.75 Å². The molecule has 0 aromatic heterocycles. The molecule has 0 amide bonds. The Morgan fingerprint density at radius 1 is 0.882 bits per heavy atom. The molecule has 0 aliphatic carbocycles. The molecule has 9 heteroatoms. The molecular formula is C25H22F4O5. The Labute approximate surface area is 193 Å². The summed E-state index contributed by atoms with van der Waals surface area (Å²) in [6.07, 6.45) is -10.4. The molecule has 2 N–H and O–H groups in total. The van der Waals surface area contributed by atoms with Gasteiger partial charge in [-0.15, -0.1) is 0 Å². The fraction of sp³-hybridized carbons (Fsp3) is 0.240. The van der Waals surface area contributed by atoms with Crippen LogP contribution >= 0.6 is 0 Å². The lowest BCUT2D eigenvalue weighted by Gasteiger charge is -2.21. The first kappa shape index (κ1) is 25.0. The van der Waals surface area contributed by atoms with Gasteiger partial charge in [0, 0.05) is 0 Å². The van der Waals surface area contributed by atoms with Crippen molar-refractivity contribution in [1.82, 2.24) is 0 Å². The number of hydrogen-bond acceptors (Lipinski definition) is 4. The number of alkyl halides is 4. The molecule has 3 rings (SSSR count). The minimum atomic E-state index is -4.69. The molecule has 180 valence electrons. The average molecular weight is 478 g/mol. The molecule has 3 aromatic carbocycles. The van der Waals surface area contributed by atoms with Crippen LogP contribution in [0.25, 0.3) is 0 Å². The van der Waals surface area contributed by atoms with Crippen molar-refractivity contribution in [1.29, 1.82) is 0 Å². The Kier molecular flexibility index (Phi) is 8.12. The van der Waals surface area contributed by atoms with E-state index in [1.165, 1.54) is 18.2 Å². The van der Waals surface area contributed by atoms with Crippen LogP contribution in [0.15, 0.2) is 78.9 Å². The summed E-state index contributed by atoms with van der Waals surface area (Å²) in [6, 6.07) is 20.5. The fourth-order valence-electron chi connectivity index (χ4n) is 3.29. The van der Waals surface area contributed by atoms with Gasteiger partial charge in [0.05, 0.1) is 12.0 Å². The summed E-state index contributed by atoms with van der Waals surface area (Å²) >= 11 is 0. The van der Waals surface area contributed by atoms with Gasteiger partial charge in [-0.1, -0.05) is 54.6 Å². The molecule has 0 aliphatic heterocycles. The highest BCUT2D eigenvalue weighted by Gasteiger charge is 2.44. The van der Waals surface area contributed by atoms with E-state index in [9.17, 15) is 32.6 Å². The van der Waals surface area contributed by atoms with Gasteiger partial charge in [-0.05, 0) is 47.4 Å². The van der Waals surface area contributed by atoms with Crippen molar-refractivity contribution < 1.29 is 42.0 Å². The number of carboxylic acids is 1. The average Bonchev–Trinajstić information content (AvgIpc) is 2.81. The minimum absolute atomic E-state index is 0.213. The predicted octanol–water partition coefficient (Wildman–Crippen LogP) is 5.48. The maximum Gasteiger partial charge on any atom is 0.461 e. The molecule has 0 bridgehead atoms. The molecule has 0 saturated carbocycles. The Hall–Kier alpha value is -3.59. The second-order valence-electron chi connectivity index (χ2n) is 7.55.